The lowest BCUT2D eigenvalue weighted by molar-refractivity contribution is 0.327. The summed E-state index contributed by atoms with van der Waals surface area (Å²) in [6.45, 7) is 0. The summed E-state index contributed by atoms with van der Waals surface area (Å²) in [6, 6.07) is 1.86. The van der Waals surface area contributed by atoms with E-state index in [0.29, 0.717) is 17.2 Å². The van der Waals surface area contributed by atoms with Crippen molar-refractivity contribution < 1.29 is 14.2 Å². The van der Waals surface area contributed by atoms with Gasteiger partial charge in [0.15, 0.2) is 11.5 Å². The Morgan fingerprint density at radius 2 is 1.71 bits per heavy atom. The summed E-state index contributed by atoms with van der Waals surface area (Å²) in [5, 5.41) is 0.816. The van der Waals surface area contributed by atoms with E-state index in [1.165, 1.54) is 0 Å². The van der Waals surface area contributed by atoms with E-state index in [9.17, 15) is 0 Å². The van der Waals surface area contributed by atoms with E-state index in [1.807, 2.05) is 6.07 Å². The zero-order valence-electron chi connectivity index (χ0n) is 12.7. The van der Waals surface area contributed by atoms with Crippen LogP contribution in [0.1, 0.15) is 24.1 Å². The average Bonchev–Trinajstić information content (AvgIpc) is 2.53. The molecule has 0 spiro atoms. The molecule has 2 aromatic rings. The Labute approximate surface area is 124 Å². The quantitative estimate of drug-likeness (QED) is 0.940. The van der Waals surface area contributed by atoms with Crippen LogP contribution in [0.4, 0.5) is 5.69 Å². The van der Waals surface area contributed by atoms with Crippen LogP contribution in [0, 0.1) is 0 Å². The van der Waals surface area contributed by atoms with Crippen LogP contribution in [-0.2, 0) is 12.8 Å². The van der Waals surface area contributed by atoms with Crippen LogP contribution in [0.3, 0.4) is 0 Å². The molecule has 0 unspecified atom stereocenters. The Balaban J connectivity index is 2.40. The molecule has 1 aliphatic carbocycles. The van der Waals surface area contributed by atoms with Crippen LogP contribution in [0.2, 0.25) is 0 Å². The number of aromatic nitrogens is 1. The summed E-state index contributed by atoms with van der Waals surface area (Å²) < 4.78 is 16.4. The van der Waals surface area contributed by atoms with E-state index < -0.39 is 0 Å². The summed E-state index contributed by atoms with van der Waals surface area (Å²) in [5.74, 6) is 1.74. The summed E-state index contributed by atoms with van der Waals surface area (Å²) in [6.07, 6.45) is 4.27. The lowest BCUT2D eigenvalue weighted by atomic mass is 9.92. The molecule has 0 fully saturated rings. The molecule has 2 N–H and O–H groups in total. The highest BCUT2D eigenvalue weighted by molar-refractivity contribution is 6.00. The van der Waals surface area contributed by atoms with Gasteiger partial charge >= 0.3 is 0 Å². The van der Waals surface area contributed by atoms with E-state index >= 15 is 0 Å². The summed E-state index contributed by atoms with van der Waals surface area (Å²) >= 11 is 0. The molecular formula is C16H20N2O3. The van der Waals surface area contributed by atoms with Crippen molar-refractivity contribution in [3.63, 3.8) is 0 Å². The zero-order chi connectivity index (χ0) is 15.0. The Morgan fingerprint density at radius 3 is 2.38 bits per heavy atom. The van der Waals surface area contributed by atoms with Gasteiger partial charge in [-0.2, -0.15) is 0 Å². The molecule has 1 aromatic heterocycles. The first-order valence-electron chi connectivity index (χ1n) is 7.11. The van der Waals surface area contributed by atoms with Crippen LogP contribution in [0.25, 0.3) is 10.9 Å². The first kappa shape index (κ1) is 13.8. The van der Waals surface area contributed by atoms with Gasteiger partial charge in [0, 0.05) is 17.4 Å². The number of ether oxygens (including phenoxy) is 3. The molecule has 0 amide bonds. The van der Waals surface area contributed by atoms with E-state index in [4.69, 9.17) is 24.9 Å². The highest BCUT2D eigenvalue weighted by atomic mass is 16.5. The molecule has 0 radical (unpaired) electrons. The Morgan fingerprint density at radius 1 is 1.00 bits per heavy atom. The maximum atomic E-state index is 6.41. The topological polar surface area (TPSA) is 66.6 Å². The van der Waals surface area contributed by atoms with Crippen molar-refractivity contribution in [3.8, 4) is 17.2 Å². The number of nitrogens with two attached hydrogens (primary N) is 1. The molecule has 21 heavy (non-hydrogen) atoms. The molecule has 0 atom stereocenters. The fourth-order valence-electron chi connectivity index (χ4n) is 3.09. The third kappa shape index (κ3) is 2.04. The number of aryl methyl sites for hydroxylation is 1. The molecule has 3 rings (SSSR count). The number of hydrogen-bond acceptors (Lipinski definition) is 5. The minimum Gasteiger partial charge on any atom is -0.493 e. The molecule has 1 aromatic carbocycles. The Kier molecular flexibility index (Phi) is 3.49. The molecule has 0 saturated carbocycles. The van der Waals surface area contributed by atoms with Gasteiger partial charge in [-0.25, -0.2) is 0 Å². The van der Waals surface area contributed by atoms with Gasteiger partial charge in [0.2, 0.25) is 5.75 Å². The van der Waals surface area contributed by atoms with Gasteiger partial charge in [-0.05, 0) is 31.2 Å². The van der Waals surface area contributed by atoms with Crippen molar-refractivity contribution in [3.05, 3.63) is 17.3 Å². The second kappa shape index (κ2) is 5.31. The van der Waals surface area contributed by atoms with E-state index in [0.717, 1.165) is 53.5 Å². The van der Waals surface area contributed by atoms with Crippen LogP contribution in [-0.4, -0.2) is 26.3 Å². The standard InChI is InChI=1S/C16H20N2O3/c1-19-12-8-11-13(16(21-3)15(12)20-2)14(17)9-6-4-5-7-10(9)18-11/h8H,4-7H2,1-3H3,(H2,17,18). The van der Waals surface area contributed by atoms with Gasteiger partial charge in [-0.3, -0.25) is 4.98 Å². The number of hydrogen-bond donors (Lipinski definition) is 1. The van der Waals surface area contributed by atoms with E-state index in [-0.39, 0.29) is 0 Å². The maximum Gasteiger partial charge on any atom is 0.204 e. The van der Waals surface area contributed by atoms with Gasteiger partial charge in [-0.15, -0.1) is 0 Å². The summed E-state index contributed by atoms with van der Waals surface area (Å²) in [5.41, 5.74) is 10.2. The number of nitrogens with zero attached hydrogens (tertiary/aromatic N) is 1. The SMILES string of the molecule is COc1cc2nc3c(c(N)c2c(OC)c1OC)CCCC3. The van der Waals surface area contributed by atoms with Crippen molar-refractivity contribution >= 4 is 16.6 Å². The minimum absolute atomic E-state index is 0.553. The van der Waals surface area contributed by atoms with Gasteiger partial charge in [0.1, 0.15) is 0 Å². The fourth-order valence-corrected chi connectivity index (χ4v) is 3.09. The molecule has 0 saturated heterocycles. The first-order chi connectivity index (χ1) is 10.2. The molecule has 0 bridgehead atoms. The number of methoxy groups -OCH3 is 3. The average molecular weight is 288 g/mol. The monoisotopic (exact) mass is 288 g/mol. The smallest absolute Gasteiger partial charge is 0.204 e. The number of fused-ring (bicyclic) bond motifs is 2. The second-order valence-corrected chi connectivity index (χ2v) is 5.20. The number of nitrogen functional groups attached to an aromatic ring is 1. The molecule has 112 valence electrons. The van der Waals surface area contributed by atoms with Gasteiger partial charge < -0.3 is 19.9 Å². The molecule has 5 nitrogen and oxygen atoms in total. The minimum atomic E-state index is 0.553. The number of pyridine rings is 1. The van der Waals surface area contributed by atoms with Crippen LogP contribution >= 0.6 is 0 Å². The predicted molar refractivity (Wildman–Crippen MR) is 82.5 cm³/mol. The molecular weight excluding hydrogens is 268 g/mol. The molecule has 1 heterocycles. The molecule has 1 aliphatic rings. The fraction of sp³-hybridized carbons (Fsp3) is 0.438. The van der Waals surface area contributed by atoms with Crippen molar-refractivity contribution in [2.45, 2.75) is 25.7 Å². The van der Waals surface area contributed by atoms with Crippen molar-refractivity contribution in [1.82, 2.24) is 4.98 Å². The third-order valence-electron chi connectivity index (χ3n) is 4.10. The number of anilines is 1. The highest BCUT2D eigenvalue weighted by Crippen LogP contribution is 2.46. The lowest BCUT2D eigenvalue weighted by Gasteiger charge is -2.21. The maximum absolute atomic E-state index is 6.41. The largest absolute Gasteiger partial charge is 0.493 e. The summed E-state index contributed by atoms with van der Waals surface area (Å²) in [4.78, 5) is 4.77. The van der Waals surface area contributed by atoms with Gasteiger partial charge in [0.05, 0.1) is 32.2 Å². The highest BCUT2D eigenvalue weighted by Gasteiger charge is 2.23. The van der Waals surface area contributed by atoms with E-state index in [2.05, 4.69) is 0 Å². The van der Waals surface area contributed by atoms with Crippen LogP contribution in [0.15, 0.2) is 6.07 Å². The Bertz CT molecular complexity index is 693. The van der Waals surface area contributed by atoms with Crippen molar-refractivity contribution in [1.29, 1.82) is 0 Å². The second-order valence-electron chi connectivity index (χ2n) is 5.20. The Hall–Kier alpha value is -2.17. The predicted octanol–water partition coefficient (Wildman–Crippen LogP) is 2.72. The third-order valence-corrected chi connectivity index (χ3v) is 4.10. The normalized spacial score (nSPS) is 13.9. The van der Waals surface area contributed by atoms with Crippen LogP contribution in [0.5, 0.6) is 17.2 Å². The lowest BCUT2D eigenvalue weighted by Crippen LogP contribution is -2.10. The van der Waals surface area contributed by atoms with Crippen molar-refractivity contribution in [2.24, 2.45) is 0 Å². The molecule has 5 heteroatoms. The number of benzene rings is 1. The van der Waals surface area contributed by atoms with E-state index in [1.54, 1.807) is 21.3 Å². The summed E-state index contributed by atoms with van der Waals surface area (Å²) in [7, 11) is 4.80. The van der Waals surface area contributed by atoms with Gasteiger partial charge in [-0.1, -0.05) is 0 Å². The van der Waals surface area contributed by atoms with Crippen LogP contribution < -0.4 is 19.9 Å². The first-order valence-corrected chi connectivity index (χ1v) is 7.11. The van der Waals surface area contributed by atoms with Crippen molar-refractivity contribution in [2.75, 3.05) is 27.1 Å². The van der Waals surface area contributed by atoms with Gasteiger partial charge in [0.25, 0.3) is 0 Å². The molecule has 0 aliphatic heterocycles. The number of rotatable bonds is 3. The zero-order valence-corrected chi connectivity index (χ0v) is 12.7.